The molecule has 1 aliphatic heterocycles. The molecular formula is C14H22N4O. The van der Waals surface area contributed by atoms with E-state index < -0.39 is 0 Å². The number of primary amides is 1. The summed E-state index contributed by atoms with van der Waals surface area (Å²) in [4.78, 5) is 15.4. The molecule has 1 aliphatic rings. The molecule has 0 spiro atoms. The Labute approximate surface area is 114 Å². The van der Waals surface area contributed by atoms with E-state index in [4.69, 9.17) is 11.5 Å². The summed E-state index contributed by atoms with van der Waals surface area (Å²) in [7, 11) is 0. The second kappa shape index (κ2) is 6.04. The number of hydrogen-bond acceptors (Lipinski definition) is 4. The van der Waals surface area contributed by atoms with Gasteiger partial charge in [0.2, 0.25) is 5.91 Å². The SMILES string of the molecule is CC1CN(CC(N)=O)CCN1c1ccc(CN)cc1. The lowest BCUT2D eigenvalue weighted by molar-refractivity contribution is -0.119. The fourth-order valence-electron chi connectivity index (χ4n) is 2.60. The molecular weight excluding hydrogens is 240 g/mol. The molecule has 1 amide bonds. The molecule has 1 atom stereocenters. The smallest absolute Gasteiger partial charge is 0.231 e. The third-order valence-electron chi connectivity index (χ3n) is 3.59. The monoisotopic (exact) mass is 262 g/mol. The van der Waals surface area contributed by atoms with E-state index in [9.17, 15) is 4.79 Å². The lowest BCUT2D eigenvalue weighted by atomic mass is 10.1. The Balaban J connectivity index is 2.00. The van der Waals surface area contributed by atoms with Gasteiger partial charge in [0.1, 0.15) is 0 Å². The van der Waals surface area contributed by atoms with Gasteiger partial charge >= 0.3 is 0 Å². The van der Waals surface area contributed by atoms with Crippen molar-refractivity contribution in [2.45, 2.75) is 19.5 Å². The molecule has 0 aliphatic carbocycles. The molecule has 0 radical (unpaired) electrons. The number of carbonyl (C=O) groups excluding carboxylic acids is 1. The van der Waals surface area contributed by atoms with E-state index in [1.54, 1.807) is 0 Å². The minimum Gasteiger partial charge on any atom is -0.369 e. The van der Waals surface area contributed by atoms with Crippen LogP contribution in [0.4, 0.5) is 5.69 Å². The van der Waals surface area contributed by atoms with Crippen molar-refractivity contribution in [2.24, 2.45) is 11.5 Å². The predicted octanol–water partition coefficient (Wildman–Crippen LogP) is 0.141. The lowest BCUT2D eigenvalue weighted by Gasteiger charge is -2.41. The molecule has 0 bridgehead atoms. The van der Waals surface area contributed by atoms with Gasteiger partial charge < -0.3 is 16.4 Å². The van der Waals surface area contributed by atoms with Crippen LogP contribution >= 0.6 is 0 Å². The summed E-state index contributed by atoms with van der Waals surface area (Å²) in [5.74, 6) is -0.257. The minimum absolute atomic E-state index is 0.257. The third-order valence-corrected chi connectivity index (χ3v) is 3.59. The van der Waals surface area contributed by atoms with E-state index in [1.165, 1.54) is 5.69 Å². The van der Waals surface area contributed by atoms with E-state index in [-0.39, 0.29) is 5.91 Å². The van der Waals surface area contributed by atoms with Gasteiger partial charge in [-0.2, -0.15) is 0 Å². The Morgan fingerprint density at radius 1 is 1.32 bits per heavy atom. The summed E-state index contributed by atoms with van der Waals surface area (Å²) in [6.45, 7) is 5.74. The predicted molar refractivity (Wildman–Crippen MR) is 76.8 cm³/mol. The van der Waals surface area contributed by atoms with Crippen LogP contribution < -0.4 is 16.4 Å². The lowest BCUT2D eigenvalue weighted by Crippen LogP contribution is -2.53. The van der Waals surface area contributed by atoms with Gasteiger partial charge in [-0.1, -0.05) is 12.1 Å². The molecule has 2 rings (SSSR count). The molecule has 0 aromatic heterocycles. The van der Waals surface area contributed by atoms with Crippen molar-refractivity contribution < 1.29 is 4.79 Å². The number of nitrogens with two attached hydrogens (primary N) is 2. The van der Waals surface area contributed by atoms with Crippen molar-refractivity contribution in [3.8, 4) is 0 Å². The number of piperazine rings is 1. The zero-order chi connectivity index (χ0) is 13.8. The molecule has 1 aromatic rings. The first-order valence-electron chi connectivity index (χ1n) is 6.66. The van der Waals surface area contributed by atoms with Crippen LogP contribution in [0.5, 0.6) is 0 Å². The molecule has 5 nitrogen and oxygen atoms in total. The Morgan fingerprint density at radius 3 is 2.53 bits per heavy atom. The summed E-state index contributed by atoms with van der Waals surface area (Å²) in [5.41, 5.74) is 13.2. The number of rotatable bonds is 4. The molecule has 1 aromatic carbocycles. The van der Waals surface area contributed by atoms with Crippen LogP contribution in [0.2, 0.25) is 0 Å². The number of nitrogens with zero attached hydrogens (tertiary/aromatic N) is 2. The van der Waals surface area contributed by atoms with Crippen molar-refractivity contribution in [1.29, 1.82) is 0 Å². The van der Waals surface area contributed by atoms with Gasteiger partial charge in [0.25, 0.3) is 0 Å². The van der Waals surface area contributed by atoms with Crippen molar-refractivity contribution in [3.05, 3.63) is 29.8 Å². The average Bonchev–Trinajstić information content (AvgIpc) is 2.38. The number of benzene rings is 1. The first kappa shape index (κ1) is 13.8. The molecule has 19 heavy (non-hydrogen) atoms. The fraction of sp³-hybridized carbons (Fsp3) is 0.500. The quantitative estimate of drug-likeness (QED) is 0.809. The van der Waals surface area contributed by atoms with Gasteiger partial charge in [-0.05, 0) is 24.6 Å². The first-order valence-corrected chi connectivity index (χ1v) is 6.66. The highest BCUT2D eigenvalue weighted by molar-refractivity contribution is 5.76. The van der Waals surface area contributed by atoms with Crippen LogP contribution in [0.15, 0.2) is 24.3 Å². The van der Waals surface area contributed by atoms with E-state index >= 15 is 0 Å². The Bertz CT molecular complexity index is 432. The van der Waals surface area contributed by atoms with E-state index in [2.05, 4.69) is 41.0 Å². The van der Waals surface area contributed by atoms with Gasteiger partial charge in [-0.3, -0.25) is 9.69 Å². The number of amides is 1. The topological polar surface area (TPSA) is 75.6 Å². The van der Waals surface area contributed by atoms with Crippen molar-refractivity contribution in [2.75, 3.05) is 31.1 Å². The highest BCUT2D eigenvalue weighted by Gasteiger charge is 2.24. The molecule has 1 fully saturated rings. The molecule has 1 saturated heterocycles. The molecule has 1 heterocycles. The largest absolute Gasteiger partial charge is 0.369 e. The summed E-state index contributed by atoms with van der Waals surface area (Å²) in [5, 5.41) is 0. The van der Waals surface area contributed by atoms with E-state index in [1.807, 2.05) is 0 Å². The van der Waals surface area contributed by atoms with Crippen LogP contribution in [0.1, 0.15) is 12.5 Å². The van der Waals surface area contributed by atoms with Gasteiger partial charge in [0.15, 0.2) is 0 Å². The van der Waals surface area contributed by atoms with E-state index in [0.717, 1.165) is 25.2 Å². The van der Waals surface area contributed by atoms with Crippen molar-refractivity contribution >= 4 is 11.6 Å². The number of hydrogen-bond donors (Lipinski definition) is 2. The second-order valence-electron chi connectivity index (χ2n) is 5.11. The Hall–Kier alpha value is -1.59. The van der Waals surface area contributed by atoms with Crippen LogP contribution in [0.25, 0.3) is 0 Å². The summed E-state index contributed by atoms with van der Waals surface area (Å²) < 4.78 is 0. The van der Waals surface area contributed by atoms with Crippen molar-refractivity contribution in [1.82, 2.24) is 4.90 Å². The first-order chi connectivity index (χ1) is 9.10. The van der Waals surface area contributed by atoms with Crippen LogP contribution in [-0.4, -0.2) is 43.0 Å². The van der Waals surface area contributed by atoms with Gasteiger partial charge in [-0.25, -0.2) is 0 Å². The molecule has 1 unspecified atom stereocenters. The van der Waals surface area contributed by atoms with Crippen molar-refractivity contribution in [3.63, 3.8) is 0 Å². The zero-order valence-electron chi connectivity index (χ0n) is 11.4. The van der Waals surface area contributed by atoms with Crippen LogP contribution in [0, 0.1) is 0 Å². The normalized spacial score (nSPS) is 20.5. The molecule has 104 valence electrons. The standard InChI is InChI=1S/C14H22N4O/c1-11-9-17(10-14(16)19)6-7-18(11)13-4-2-12(8-15)3-5-13/h2-5,11H,6-10,15H2,1H3,(H2,16,19). The van der Waals surface area contributed by atoms with Gasteiger partial charge in [-0.15, -0.1) is 0 Å². The fourth-order valence-corrected chi connectivity index (χ4v) is 2.60. The molecule has 4 N–H and O–H groups in total. The van der Waals surface area contributed by atoms with Gasteiger partial charge in [0.05, 0.1) is 6.54 Å². The molecule has 5 heteroatoms. The zero-order valence-corrected chi connectivity index (χ0v) is 11.4. The summed E-state index contributed by atoms with van der Waals surface area (Å²) in [6.07, 6.45) is 0. The summed E-state index contributed by atoms with van der Waals surface area (Å²) in [6, 6.07) is 8.73. The second-order valence-corrected chi connectivity index (χ2v) is 5.11. The Kier molecular flexibility index (Phi) is 4.39. The maximum absolute atomic E-state index is 11.0. The number of carbonyl (C=O) groups is 1. The van der Waals surface area contributed by atoms with Crippen LogP contribution in [0.3, 0.4) is 0 Å². The number of anilines is 1. The van der Waals surface area contributed by atoms with Gasteiger partial charge in [0, 0.05) is 37.9 Å². The maximum Gasteiger partial charge on any atom is 0.231 e. The van der Waals surface area contributed by atoms with E-state index in [0.29, 0.717) is 19.1 Å². The summed E-state index contributed by atoms with van der Waals surface area (Å²) >= 11 is 0. The highest BCUT2D eigenvalue weighted by atomic mass is 16.1. The van der Waals surface area contributed by atoms with Crippen LogP contribution in [-0.2, 0) is 11.3 Å². The molecule has 0 saturated carbocycles. The highest BCUT2D eigenvalue weighted by Crippen LogP contribution is 2.20. The average molecular weight is 262 g/mol. The Morgan fingerprint density at radius 2 is 2.00 bits per heavy atom. The minimum atomic E-state index is -0.257. The maximum atomic E-state index is 11.0. The third kappa shape index (κ3) is 3.45.